The molecule has 0 saturated carbocycles. The zero-order chi connectivity index (χ0) is 17.7. The first-order valence-electron chi connectivity index (χ1n) is 7.53. The fourth-order valence-corrected chi connectivity index (χ4v) is 3.52. The molecule has 0 spiro atoms. The third-order valence-electron chi connectivity index (χ3n) is 3.59. The Morgan fingerprint density at radius 1 is 1.46 bits per heavy atom. The number of nitrogens with zero attached hydrogens (tertiary/aromatic N) is 1. The van der Waals surface area contributed by atoms with E-state index in [0.717, 1.165) is 12.8 Å². The molecule has 1 fully saturated rings. The molecule has 0 unspecified atom stereocenters. The highest BCUT2D eigenvalue weighted by atomic mass is 35.5. The molecule has 0 aliphatic carbocycles. The summed E-state index contributed by atoms with van der Waals surface area (Å²) in [5.41, 5.74) is 0. The minimum absolute atomic E-state index is 0.0387. The van der Waals surface area contributed by atoms with Gasteiger partial charge < -0.3 is 14.4 Å². The summed E-state index contributed by atoms with van der Waals surface area (Å²) in [7, 11) is -0.449. The minimum atomic E-state index is -3.68. The van der Waals surface area contributed by atoms with E-state index < -0.39 is 10.0 Å². The van der Waals surface area contributed by atoms with Crippen LogP contribution in [-0.2, 0) is 19.6 Å². The van der Waals surface area contributed by atoms with E-state index in [1.165, 1.54) is 23.1 Å². The number of hydrogen-bond donors (Lipinski definition) is 1. The fourth-order valence-electron chi connectivity index (χ4n) is 2.13. The molecule has 24 heavy (non-hydrogen) atoms. The quantitative estimate of drug-likeness (QED) is 0.774. The van der Waals surface area contributed by atoms with Crippen molar-refractivity contribution in [2.24, 2.45) is 0 Å². The standard InChI is InChI=1S/C15H21ClN2O5S/c1-18(2)15(19)10-23-14-6-5-12(8-13(14)16)24(20,21)17-9-11-4-3-7-22-11/h5-6,8,11,17H,3-4,7,9-10H2,1-2H3/t11-/m0/s1. The van der Waals surface area contributed by atoms with Gasteiger partial charge in [-0.05, 0) is 31.0 Å². The molecule has 1 aromatic rings. The maximum absolute atomic E-state index is 12.3. The van der Waals surface area contributed by atoms with Crippen LogP contribution in [-0.4, -0.2) is 59.2 Å². The number of nitrogens with one attached hydrogen (secondary N) is 1. The fraction of sp³-hybridized carbons (Fsp3) is 0.533. The second kappa shape index (κ2) is 8.15. The maximum Gasteiger partial charge on any atom is 0.259 e. The zero-order valence-corrected chi connectivity index (χ0v) is 15.2. The van der Waals surface area contributed by atoms with Gasteiger partial charge >= 0.3 is 0 Å². The van der Waals surface area contributed by atoms with Gasteiger partial charge in [-0.15, -0.1) is 0 Å². The third kappa shape index (κ3) is 5.07. The van der Waals surface area contributed by atoms with Gasteiger partial charge in [0, 0.05) is 27.2 Å². The zero-order valence-electron chi connectivity index (χ0n) is 13.6. The molecular weight excluding hydrogens is 356 g/mol. The second-order valence-corrected chi connectivity index (χ2v) is 7.83. The summed E-state index contributed by atoms with van der Waals surface area (Å²) in [5.74, 6) is 0.0333. The van der Waals surface area contributed by atoms with E-state index in [2.05, 4.69) is 4.72 Å². The van der Waals surface area contributed by atoms with E-state index in [1.807, 2.05) is 0 Å². The lowest BCUT2D eigenvalue weighted by molar-refractivity contribution is -0.130. The number of hydrogen-bond acceptors (Lipinski definition) is 5. The second-order valence-electron chi connectivity index (χ2n) is 5.66. The lowest BCUT2D eigenvalue weighted by Crippen LogP contribution is -2.31. The van der Waals surface area contributed by atoms with Crippen molar-refractivity contribution in [2.45, 2.75) is 23.8 Å². The van der Waals surface area contributed by atoms with Crippen molar-refractivity contribution in [3.05, 3.63) is 23.2 Å². The molecule has 9 heteroatoms. The molecule has 1 aliphatic rings. The average molecular weight is 377 g/mol. The molecule has 1 heterocycles. The van der Waals surface area contributed by atoms with Gasteiger partial charge in [0.15, 0.2) is 6.61 Å². The van der Waals surface area contributed by atoms with Gasteiger partial charge in [-0.1, -0.05) is 11.6 Å². The Morgan fingerprint density at radius 2 is 2.21 bits per heavy atom. The van der Waals surface area contributed by atoms with E-state index in [1.54, 1.807) is 14.1 Å². The first-order valence-corrected chi connectivity index (χ1v) is 9.39. The number of sulfonamides is 1. The van der Waals surface area contributed by atoms with Crippen molar-refractivity contribution in [1.82, 2.24) is 9.62 Å². The number of likely N-dealkylation sites (N-methyl/N-ethyl adjacent to an activating group) is 1. The molecule has 1 aliphatic heterocycles. The summed E-state index contributed by atoms with van der Waals surface area (Å²) in [4.78, 5) is 12.9. The SMILES string of the molecule is CN(C)C(=O)COc1ccc(S(=O)(=O)NC[C@@H]2CCCO2)cc1Cl. The van der Waals surface area contributed by atoms with Crippen molar-refractivity contribution in [2.75, 3.05) is 33.9 Å². The van der Waals surface area contributed by atoms with Gasteiger partial charge in [-0.2, -0.15) is 0 Å². The van der Waals surface area contributed by atoms with Crippen LogP contribution in [0.5, 0.6) is 5.75 Å². The molecule has 1 saturated heterocycles. The number of rotatable bonds is 7. The minimum Gasteiger partial charge on any atom is -0.482 e. The Morgan fingerprint density at radius 3 is 2.79 bits per heavy atom. The summed E-state index contributed by atoms with van der Waals surface area (Å²) in [6.07, 6.45) is 1.70. The van der Waals surface area contributed by atoms with E-state index in [-0.39, 0.29) is 40.8 Å². The molecular formula is C15H21ClN2O5S. The largest absolute Gasteiger partial charge is 0.482 e. The Hall–Kier alpha value is -1.35. The molecule has 0 aromatic heterocycles. The smallest absolute Gasteiger partial charge is 0.259 e. The van der Waals surface area contributed by atoms with E-state index in [0.29, 0.717) is 6.61 Å². The maximum atomic E-state index is 12.3. The molecule has 1 N–H and O–H groups in total. The highest BCUT2D eigenvalue weighted by molar-refractivity contribution is 7.89. The third-order valence-corrected chi connectivity index (χ3v) is 5.31. The number of benzene rings is 1. The van der Waals surface area contributed by atoms with Gasteiger partial charge in [0.05, 0.1) is 16.0 Å². The van der Waals surface area contributed by atoms with Crippen LogP contribution in [0.2, 0.25) is 5.02 Å². The van der Waals surface area contributed by atoms with Crippen molar-refractivity contribution < 1.29 is 22.7 Å². The molecule has 2 rings (SSSR count). The predicted octanol–water partition coefficient (Wildman–Crippen LogP) is 1.26. The molecule has 1 aromatic carbocycles. The first kappa shape index (κ1) is 19.0. The monoisotopic (exact) mass is 376 g/mol. The summed E-state index contributed by atoms with van der Waals surface area (Å²) in [5, 5.41) is 0.126. The number of ether oxygens (including phenoxy) is 2. The Kier molecular flexibility index (Phi) is 6.45. The van der Waals surface area contributed by atoms with Crippen LogP contribution in [0.4, 0.5) is 0 Å². The van der Waals surface area contributed by atoms with Gasteiger partial charge in [0.2, 0.25) is 10.0 Å². The van der Waals surface area contributed by atoms with Crippen LogP contribution >= 0.6 is 11.6 Å². The highest BCUT2D eigenvalue weighted by Crippen LogP contribution is 2.27. The van der Waals surface area contributed by atoms with Crippen LogP contribution in [0.25, 0.3) is 0 Å². The van der Waals surface area contributed by atoms with Crippen LogP contribution < -0.4 is 9.46 Å². The summed E-state index contributed by atoms with van der Waals surface area (Å²) >= 11 is 6.06. The lowest BCUT2D eigenvalue weighted by atomic mass is 10.2. The van der Waals surface area contributed by atoms with Crippen LogP contribution in [0, 0.1) is 0 Å². The van der Waals surface area contributed by atoms with Crippen molar-refractivity contribution in [1.29, 1.82) is 0 Å². The molecule has 1 atom stereocenters. The summed E-state index contributed by atoms with van der Waals surface area (Å²) in [6, 6.07) is 4.12. The molecule has 0 bridgehead atoms. The van der Waals surface area contributed by atoms with E-state index in [9.17, 15) is 13.2 Å². The van der Waals surface area contributed by atoms with Gasteiger partial charge in [0.25, 0.3) is 5.91 Å². The highest BCUT2D eigenvalue weighted by Gasteiger charge is 2.21. The summed E-state index contributed by atoms with van der Waals surface area (Å²) in [6.45, 7) is 0.724. The normalized spacial score (nSPS) is 17.7. The van der Waals surface area contributed by atoms with Crippen LogP contribution in [0.15, 0.2) is 23.1 Å². The van der Waals surface area contributed by atoms with Crippen LogP contribution in [0.3, 0.4) is 0 Å². The topological polar surface area (TPSA) is 84.9 Å². The molecule has 7 nitrogen and oxygen atoms in total. The van der Waals surface area contributed by atoms with Gasteiger partial charge in [0.1, 0.15) is 5.75 Å². The number of amides is 1. The molecule has 0 radical (unpaired) electrons. The number of halogens is 1. The summed E-state index contributed by atoms with van der Waals surface area (Å²) < 4.78 is 37.8. The first-order chi connectivity index (χ1) is 11.3. The van der Waals surface area contributed by atoms with Gasteiger partial charge in [-0.25, -0.2) is 13.1 Å². The van der Waals surface area contributed by atoms with Crippen LogP contribution in [0.1, 0.15) is 12.8 Å². The van der Waals surface area contributed by atoms with Crippen molar-refractivity contribution in [3.63, 3.8) is 0 Å². The Bertz CT molecular complexity index is 687. The van der Waals surface area contributed by atoms with Crippen molar-refractivity contribution >= 4 is 27.5 Å². The van der Waals surface area contributed by atoms with Crippen molar-refractivity contribution in [3.8, 4) is 5.75 Å². The lowest BCUT2D eigenvalue weighted by Gasteiger charge is -2.14. The Labute approximate surface area is 146 Å². The van der Waals surface area contributed by atoms with Gasteiger partial charge in [-0.3, -0.25) is 4.79 Å². The Balaban J connectivity index is 2.00. The number of carbonyl (C=O) groups excluding carboxylic acids is 1. The molecule has 134 valence electrons. The number of carbonyl (C=O) groups is 1. The van der Waals surface area contributed by atoms with E-state index >= 15 is 0 Å². The van der Waals surface area contributed by atoms with E-state index in [4.69, 9.17) is 21.1 Å². The average Bonchev–Trinajstić information content (AvgIpc) is 3.04. The predicted molar refractivity (Wildman–Crippen MR) is 89.8 cm³/mol. The molecule has 1 amide bonds.